The van der Waals surface area contributed by atoms with Crippen LogP contribution in [0.4, 0.5) is 0 Å². The highest BCUT2D eigenvalue weighted by molar-refractivity contribution is 7.80. The number of hydrogen-bond donors (Lipinski definition) is 2. The Morgan fingerprint density at radius 3 is 2.67 bits per heavy atom. The Morgan fingerprint density at radius 2 is 2.10 bits per heavy atom. The van der Waals surface area contributed by atoms with Gasteiger partial charge in [0.2, 0.25) is 0 Å². The summed E-state index contributed by atoms with van der Waals surface area (Å²) in [4.78, 5) is 2.52. The SMILES string of the molecule is COc1ccc(C(N)=S)cc1CN(C)CC1(O)CCCC1. The van der Waals surface area contributed by atoms with Crippen LogP contribution in [0.15, 0.2) is 18.2 Å². The van der Waals surface area contributed by atoms with E-state index in [2.05, 4.69) is 4.90 Å². The predicted molar refractivity (Wildman–Crippen MR) is 88.6 cm³/mol. The Balaban J connectivity index is 2.10. The number of likely N-dealkylation sites (N-methyl/N-ethyl adjacent to an activating group) is 1. The molecular formula is C16H24N2O2S. The molecule has 2 rings (SSSR count). The summed E-state index contributed by atoms with van der Waals surface area (Å²) in [6.45, 7) is 1.37. The zero-order valence-corrected chi connectivity index (χ0v) is 13.6. The molecule has 1 aliphatic rings. The third-order valence-electron chi connectivity index (χ3n) is 4.10. The van der Waals surface area contributed by atoms with Gasteiger partial charge >= 0.3 is 0 Å². The molecule has 1 aromatic carbocycles. The lowest BCUT2D eigenvalue weighted by atomic mass is 10.0. The van der Waals surface area contributed by atoms with Crippen LogP contribution in [0.2, 0.25) is 0 Å². The fourth-order valence-electron chi connectivity index (χ4n) is 3.10. The van der Waals surface area contributed by atoms with Crippen molar-refractivity contribution in [1.82, 2.24) is 4.90 Å². The molecule has 1 aliphatic carbocycles. The number of methoxy groups -OCH3 is 1. The van der Waals surface area contributed by atoms with Crippen molar-refractivity contribution in [2.75, 3.05) is 20.7 Å². The van der Waals surface area contributed by atoms with E-state index in [1.807, 2.05) is 25.2 Å². The number of hydrogen-bond acceptors (Lipinski definition) is 4. The van der Waals surface area contributed by atoms with Gasteiger partial charge in [0.15, 0.2) is 0 Å². The van der Waals surface area contributed by atoms with Crippen LogP contribution in [0.25, 0.3) is 0 Å². The predicted octanol–water partition coefficient (Wildman–Crippen LogP) is 2.07. The minimum absolute atomic E-state index is 0.385. The molecule has 0 aliphatic heterocycles. The summed E-state index contributed by atoms with van der Waals surface area (Å²) < 4.78 is 5.40. The third-order valence-corrected chi connectivity index (χ3v) is 4.34. The maximum Gasteiger partial charge on any atom is 0.123 e. The van der Waals surface area contributed by atoms with Crippen molar-refractivity contribution >= 4 is 17.2 Å². The number of nitrogens with two attached hydrogens (primary N) is 1. The Bertz CT molecular complexity index is 513. The number of thiocarbonyl (C=S) groups is 1. The Labute approximate surface area is 131 Å². The Hall–Kier alpha value is -1.17. The van der Waals surface area contributed by atoms with Gasteiger partial charge in [-0.05, 0) is 38.1 Å². The maximum absolute atomic E-state index is 10.5. The van der Waals surface area contributed by atoms with Gasteiger partial charge in [-0.25, -0.2) is 0 Å². The molecule has 4 nitrogen and oxygen atoms in total. The molecule has 0 spiro atoms. The van der Waals surface area contributed by atoms with E-state index in [1.54, 1.807) is 7.11 Å². The molecule has 3 N–H and O–H groups in total. The van der Waals surface area contributed by atoms with Crippen LogP contribution in [0.1, 0.15) is 36.8 Å². The smallest absolute Gasteiger partial charge is 0.123 e. The molecule has 0 unspecified atom stereocenters. The summed E-state index contributed by atoms with van der Waals surface area (Å²) in [5, 5.41) is 10.5. The third kappa shape index (κ3) is 4.15. The highest BCUT2D eigenvalue weighted by Gasteiger charge is 2.32. The molecule has 1 fully saturated rings. The van der Waals surface area contributed by atoms with E-state index >= 15 is 0 Å². The standard InChI is InChI=1S/C16H24N2O2S/c1-18(11-16(19)7-3-4-8-16)10-13-9-12(15(17)21)5-6-14(13)20-2/h5-6,9,19H,3-4,7-8,10-11H2,1-2H3,(H2,17,21). The second-order valence-electron chi connectivity index (χ2n) is 5.99. The van der Waals surface area contributed by atoms with E-state index in [9.17, 15) is 5.11 Å². The Morgan fingerprint density at radius 1 is 1.43 bits per heavy atom. The molecule has 1 saturated carbocycles. The van der Waals surface area contributed by atoms with E-state index in [-0.39, 0.29) is 0 Å². The quantitative estimate of drug-likeness (QED) is 0.788. The zero-order chi connectivity index (χ0) is 15.5. The van der Waals surface area contributed by atoms with Gasteiger partial charge < -0.3 is 15.6 Å². The van der Waals surface area contributed by atoms with E-state index < -0.39 is 5.60 Å². The molecule has 0 amide bonds. The van der Waals surface area contributed by atoms with Gasteiger partial charge in [-0.2, -0.15) is 0 Å². The first-order chi connectivity index (χ1) is 9.93. The van der Waals surface area contributed by atoms with Crippen LogP contribution in [0, 0.1) is 0 Å². The highest BCUT2D eigenvalue weighted by Crippen LogP contribution is 2.30. The molecule has 0 heterocycles. The van der Waals surface area contributed by atoms with Crippen molar-refractivity contribution in [2.24, 2.45) is 5.73 Å². The fourth-order valence-corrected chi connectivity index (χ4v) is 3.22. The molecule has 0 aromatic heterocycles. The van der Waals surface area contributed by atoms with Crippen molar-refractivity contribution in [3.05, 3.63) is 29.3 Å². The van der Waals surface area contributed by atoms with Crippen molar-refractivity contribution in [3.63, 3.8) is 0 Å². The maximum atomic E-state index is 10.5. The first-order valence-electron chi connectivity index (χ1n) is 7.31. The molecule has 1 aromatic rings. The molecule has 0 bridgehead atoms. The van der Waals surface area contributed by atoms with E-state index in [4.69, 9.17) is 22.7 Å². The van der Waals surface area contributed by atoms with Gasteiger partial charge in [-0.3, -0.25) is 4.90 Å². The largest absolute Gasteiger partial charge is 0.496 e. The van der Waals surface area contributed by atoms with Gasteiger partial charge in [0, 0.05) is 24.2 Å². The van der Waals surface area contributed by atoms with Gasteiger partial charge in [0.25, 0.3) is 0 Å². The summed E-state index contributed by atoms with van der Waals surface area (Å²) >= 11 is 5.03. The molecular weight excluding hydrogens is 284 g/mol. The summed E-state index contributed by atoms with van der Waals surface area (Å²) in [6.07, 6.45) is 4.01. The normalized spacial score (nSPS) is 17.1. The lowest BCUT2D eigenvalue weighted by molar-refractivity contribution is 0.0144. The summed E-state index contributed by atoms with van der Waals surface area (Å²) in [5.74, 6) is 0.820. The summed E-state index contributed by atoms with van der Waals surface area (Å²) in [7, 11) is 3.67. The van der Waals surface area contributed by atoms with Crippen LogP contribution in [-0.2, 0) is 6.54 Å². The van der Waals surface area contributed by atoms with E-state index in [1.165, 1.54) is 0 Å². The minimum Gasteiger partial charge on any atom is -0.496 e. The van der Waals surface area contributed by atoms with E-state index in [0.717, 1.165) is 42.6 Å². The van der Waals surface area contributed by atoms with Crippen LogP contribution in [0.3, 0.4) is 0 Å². The molecule has 0 saturated heterocycles. The van der Waals surface area contributed by atoms with Crippen LogP contribution in [0.5, 0.6) is 5.75 Å². The molecule has 0 atom stereocenters. The topological polar surface area (TPSA) is 58.7 Å². The van der Waals surface area contributed by atoms with Crippen LogP contribution >= 0.6 is 12.2 Å². The molecule has 21 heavy (non-hydrogen) atoms. The second kappa shape index (κ2) is 6.73. The fraction of sp³-hybridized carbons (Fsp3) is 0.562. The lowest BCUT2D eigenvalue weighted by Gasteiger charge is -2.29. The number of rotatable bonds is 6. The molecule has 0 radical (unpaired) electrons. The zero-order valence-electron chi connectivity index (χ0n) is 12.8. The van der Waals surface area contributed by atoms with Crippen molar-refractivity contribution < 1.29 is 9.84 Å². The average Bonchev–Trinajstić information content (AvgIpc) is 2.84. The van der Waals surface area contributed by atoms with Crippen LogP contribution in [-0.4, -0.2) is 41.3 Å². The Kier molecular flexibility index (Phi) is 5.19. The first kappa shape index (κ1) is 16.2. The van der Waals surface area contributed by atoms with Gasteiger partial charge in [0.1, 0.15) is 10.7 Å². The lowest BCUT2D eigenvalue weighted by Crippen LogP contribution is -2.38. The molecule has 116 valence electrons. The van der Waals surface area contributed by atoms with Crippen LogP contribution < -0.4 is 10.5 Å². The van der Waals surface area contributed by atoms with Gasteiger partial charge in [-0.15, -0.1) is 0 Å². The van der Waals surface area contributed by atoms with Crippen molar-refractivity contribution in [2.45, 2.75) is 37.8 Å². The van der Waals surface area contributed by atoms with E-state index in [0.29, 0.717) is 18.1 Å². The first-order valence-corrected chi connectivity index (χ1v) is 7.72. The average molecular weight is 308 g/mol. The van der Waals surface area contributed by atoms with Crippen molar-refractivity contribution in [3.8, 4) is 5.75 Å². The van der Waals surface area contributed by atoms with Gasteiger partial charge in [0.05, 0.1) is 12.7 Å². The minimum atomic E-state index is -0.539. The highest BCUT2D eigenvalue weighted by atomic mass is 32.1. The number of ether oxygens (including phenoxy) is 1. The number of benzene rings is 1. The number of nitrogens with zero attached hydrogens (tertiary/aromatic N) is 1. The van der Waals surface area contributed by atoms with Crippen molar-refractivity contribution in [1.29, 1.82) is 0 Å². The molecule has 5 heteroatoms. The summed E-state index contributed by atoms with van der Waals surface area (Å²) in [6, 6.07) is 5.73. The number of aliphatic hydroxyl groups is 1. The second-order valence-corrected chi connectivity index (χ2v) is 6.43. The monoisotopic (exact) mass is 308 g/mol. The summed E-state index contributed by atoms with van der Waals surface area (Å²) in [5.41, 5.74) is 7.03. The van der Waals surface area contributed by atoms with Gasteiger partial charge in [-0.1, -0.05) is 25.1 Å².